The summed E-state index contributed by atoms with van der Waals surface area (Å²) < 4.78 is 23.2. The molecule has 2 aliphatic heterocycles. The molecule has 2 N–H and O–H groups in total. The van der Waals surface area contributed by atoms with Crippen LogP contribution in [-0.4, -0.2) is 59.5 Å². The Balaban J connectivity index is 1.77. The second-order valence-electron chi connectivity index (χ2n) is 8.97. The lowest BCUT2D eigenvalue weighted by Gasteiger charge is -2.23. The molecule has 0 aliphatic carbocycles. The van der Waals surface area contributed by atoms with Crippen molar-refractivity contribution < 1.29 is 48.3 Å². The molecule has 0 bridgehead atoms. The van der Waals surface area contributed by atoms with Gasteiger partial charge in [0.15, 0.2) is 0 Å². The summed E-state index contributed by atoms with van der Waals surface area (Å²) in [6.45, 7) is 10.3. The molecular formula is C28H26O10. The Bertz CT molecular complexity index is 1250. The van der Waals surface area contributed by atoms with Crippen molar-refractivity contribution in [3.8, 4) is 11.5 Å². The van der Waals surface area contributed by atoms with Gasteiger partial charge in [0.25, 0.3) is 0 Å². The molecule has 2 fully saturated rings. The molecule has 0 saturated carbocycles. The molecule has 4 atom stereocenters. The number of hydrogen-bond donors (Lipinski definition) is 2. The topological polar surface area (TPSA) is 146 Å². The van der Waals surface area contributed by atoms with E-state index in [0.29, 0.717) is 22.3 Å². The maximum atomic E-state index is 12.0. The van der Waals surface area contributed by atoms with Gasteiger partial charge in [-0.25, -0.2) is 19.2 Å². The van der Waals surface area contributed by atoms with Gasteiger partial charge in [0.2, 0.25) is 0 Å². The summed E-state index contributed by atoms with van der Waals surface area (Å²) in [7, 11) is 0. The van der Waals surface area contributed by atoms with Crippen molar-refractivity contribution in [1.82, 2.24) is 0 Å². The molecule has 2 saturated heterocycles. The van der Waals surface area contributed by atoms with E-state index in [-0.39, 0.29) is 35.8 Å². The van der Waals surface area contributed by atoms with Crippen molar-refractivity contribution >= 4 is 23.9 Å². The molecule has 0 aromatic heterocycles. The Hall–Kier alpha value is -4.28. The first-order valence-corrected chi connectivity index (χ1v) is 11.7. The molecule has 2 aromatic carbocycles. The molecule has 10 nitrogen and oxygen atoms in total. The number of rotatable bonds is 8. The fourth-order valence-electron chi connectivity index (χ4n) is 5.26. The van der Waals surface area contributed by atoms with Gasteiger partial charge in [-0.15, -0.1) is 0 Å². The van der Waals surface area contributed by atoms with Gasteiger partial charge in [-0.3, -0.25) is 0 Å². The maximum Gasteiger partial charge on any atom is 0.335 e. The third kappa shape index (κ3) is 4.71. The quantitative estimate of drug-likeness (QED) is 0.300. The summed E-state index contributed by atoms with van der Waals surface area (Å²) in [4.78, 5) is 47.7. The van der Waals surface area contributed by atoms with E-state index in [1.165, 1.54) is 24.3 Å². The summed E-state index contributed by atoms with van der Waals surface area (Å²) in [5.74, 6) is -4.35. The Morgan fingerprint density at radius 2 is 1.13 bits per heavy atom. The van der Waals surface area contributed by atoms with Crippen LogP contribution in [0.15, 0.2) is 49.6 Å². The van der Waals surface area contributed by atoms with Gasteiger partial charge in [-0.2, -0.15) is 0 Å². The predicted octanol–water partition coefficient (Wildman–Crippen LogP) is 3.55. The average molecular weight is 523 g/mol. The summed E-state index contributed by atoms with van der Waals surface area (Å²) in [5.41, 5.74) is 1.81. The molecule has 0 unspecified atom stereocenters. The summed E-state index contributed by atoms with van der Waals surface area (Å²) >= 11 is 0. The van der Waals surface area contributed by atoms with Crippen molar-refractivity contribution in [2.24, 2.45) is 0 Å². The van der Waals surface area contributed by atoms with Crippen LogP contribution in [0, 0.1) is 13.8 Å². The highest BCUT2D eigenvalue weighted by Crippen LogP contribution is 2.49. The van der Waals surface area contributed by atoms with Crippen molar-refractivity contribution in [3.05, 3.63) is 83.0 Å². The fraction of sp³-hybridized carbons (Fsp3) is 0.286. The maximum absolute atomic E-state index is 12.0. The van der Waals surface area contributed by atoms with Crippen LogP contribution in [0.2, 0.25) is 0 Å². The van der Waals surface area contributed by atoms with Gasteiger partial charge in [-0.05, 0) is 49.2 Å². The summed E-state index contributed by atoms with van der Waals surface area (Å²) in [6.07, 6.45) is 0.842. The number of carbonyl (C=O) groups is 4. The highest BCUT2D eigenvalue weighted by Gasteiger charge is 2.51. The van der Waals surface area contributed by atoms with E-state index in [4.69, 9.17) is 18.9 Å². The Kier molecular flexibility index (Phi) is 7.47. The number of carboxylic acid groups (broad SMARTS) is 2. The SMILES string of the molecule is C=CC(=O)Oc1ccc(C(=O)O)c(C)c1[C@H]1CO[C@H]2[C@@H]1OC[C@H]2c1c(OC(=O)C=C)ccc(C(=O)O)c1C. The van der Waals surface area contributed by atoms with Crippen molar-refractivity contribution in [1.29, 1.82) is 0 Å². The van der Waals surface area contributed by atoms with Gasteiger partial charge in [0.1, 0.15) is 11.5 Å². The van der Waals surface area contributed by atoms with Crippen LogP contribution in [0.4, 0.5) is 0 Å². The first-order valence-electron chi connectivity index (χ1n) is 11.7. The number of ether oxygens (including phenoxy) is 4. The van der Waals surface area contributed by atoms with Crippen LogP contribution >= 0.6 is 0 Å². The molecule has 4 rings (SSSR count). The molecule has 0 spiro atoms. The fourth-order valence-corrected chi connectivity index (χ4v) is 5.26. The van der Waals surface area contributed by atoms with Crippen LogP contribution in [-0.2, 0) is 19.1 Å². The summed E-state index contributed by atoms with van der Waals surface area (Å²) in [5, 5.41) is 19.3. The van der Waals surface area contributed by atoms with Gasteiger partial charge in [0.05, 0.1) is 36.5 Å². The van der Waals surface area contributed by atoms with E-state index in [1.54, 1.807) is 13.8 Å². The zero-order chi connectivity index (χ0) is 27.7. The van der Waals surface area contributed by atoms with Crippen LogP contribution < -0.4 is 9.47 Å². The van der Waals surface area contributed by atoms with Crippen LogP contribution in [0.5, 0.6) is 11.5 Å². The number of fused-ring (bicyclic) bond motifs is 1. The molecule has 10 heteroatoms. The van der Waals surface area contributed by atoms with E-state index in [2.05, 4.69) is 13.2 Å². The minimum atomic E-state index is -1.14. The van der Waals surface area contributed by atoms with Gasteiger partial charge in [0, 0.05) is 35.1 Å². The molecule has 0 radical (unpaired) electrons. The normalized spacial score (nSPS) is 21.8. The van der Waals surface area contributed by atoms with Crippen molar-refractivity contribution in [2.45, 2.75) is 37.9 Å². The molecule has 0 amide bonds. The lowest BCUT2D eigenvalue weighted by atomic mass is 9.83. The lowest BCUT2D eigenvalue weighted by Crippen LogP contribution is -2.26. The molecule has 38 heavy (non-hydrogen) atoms. The Labute approximate surface area is 218 Å². The Morgan fingerprint density at radius 1 is 0.763 bits per heavy atom. The molecule has 198 valence electrons. The second kappa shape index (κ2) is 10.6. The van der Waals surface area contributed by atoms with Gasteiger partial charge >= 0.3 is 23.9 Å². The van der Waals surface area contributed by atoms with Crippen LogP contribution in [0.25, 0.3) is 0 Å². The minimum absolute atomic E-state index is 0.0417. The van der Waals surface area contributed by atoms with Crippen molar-refractivity contribution in [3.63, 3.8) is 0 Å². The highest BCUT2D eigenvalue weighted by atomic mass is 16.6. The van der Waals surface area contributed by atoms with Crippen molar-refractivity contribution in [2.75, 3.05) is 13.2 Å². The van der Waals surface area contributed by atoms with E-state index in [1.807, 2.05) is 0 Å². The average Bonchev–Trinajstić information content (AvgIpc) is 3.46. The number of hydrogen-bond acceptors (Lipinski definition) is 8. The molecule has 2 aromatic rings. The van der Waals surface area contributed by atoms with Crippen LogP contribution in [0.1, 0.15) is 54.8 Å². The monoisotopic (exact) mass is 522 g/mol. The van der Waals surface area contributed by atoms with Gasteiger partial charge < -0.3 is 29.2 Å². The largest absolute Gasteiger partial charge is 0.478 e. The first kappa shape index (κ1) is 26.8. The zero-order valence-corrected chi connectivity index (χ0v) is 20.8. The number of carbonyl (C=O) groups excluding carboxylic acids is 2. The van der Waals surface area contributed by atoms with E-state index >= 15 is 0 Å². The lowest BCUT2D eigenvalue weighted by molar-refractivity contribution is -0.129. The number of benzene rings is 2. The van der Waals surface area contributed by atoms with E-state index in [0.717, 1.165) is 12.2 Å². The Morgan fingerprint density at radius 3 is 1.45 bits per heavy atom. The highest BCUT2D eigenvalue weighted by molar-refractivity contribution is 5.91. The third-order valence-corrected chi connectivity index (χ3v) is 6.96. The second-order valence-corrected chi connectivity index (χ2v) is 8.97. The predicted molar refractivity (Wildman–Crippen MR) is 133 cm³/mol. The molecular weight excluding hydrogens is 496 g/mol. The van der Waals surface area contributed by atoms with E-state index in [9.17, 15) is 29.4 Å². The van der Waals surface area contributed by atoms with Crippen LogP contribution in [0.3, 0.4) is 0 Å². The third-order valence-electron chi connectivity index (χ3n) is 6.96. The number of aromatic carboxylic acids is 2. The zero-order valence-electron chi connectivity index (χ0n) is 20.8. The molecule has 2 aliphatic rings. The minimum Gasteiger partial charge on any atom is -0.478 e. The number of carboxylic acids is 2. The number of esters is 2. The van der Waals surface area contributed by atoms with Gasteiger partial charge in [-0.1, -0.05) is 13.2 Å². The van der Waals surface area contributed by atoms with E-state index < -0.39 is 47.9 Å². The smallest absolute Gasteiger partial charge is 0.335 e. The summed E-state index contributed by atoms with van der Waals surface area (Å²) in [6, 6.07) is 5.56. The first-order chi connectivity index (χ1) is 18.1. The standard InChI is InChI=1S/C28H26O10/c1-5-21(29)37-19-9-7-15(27(31)32)13(3)23(19)17-11-35-26-18(12-36-25(17)26)24-14(4)16(28(33)34)8-10-20(24)38-22(30)6-2/h5-10,17-18,25-26H,1-2,11-12H2,3-4H3,(H,31,32)(H,33,34)/t17-,18+,25-,26-/m1/s1. The molecule has 2 heterocycles.